The molecule has 1 amide bonds. The van der Waals surface area contributed by atoms with Crippen LogP contribution in [0.3, 0.4) is 0 Å². The second kappa shape index (κ2) is 8.72. The summed E-state index contributed by atoms with van der Waals surface area (Å²) in [4.78, 5) is 12.8. The Labute approximate surface area is 165 Å². The van der Waals surface area contributed by atoms with E-state index < -0.39 is 10.0 Å². The molecule has 0 atom stereocenters. The summed E-state index contributed by atoms with van der Waals surface area (Å²) in [6, 6.07) is 12.0. The molecule has 0 spiro atoms. The fraction of sp³-hybridized carbons (Fsp3) is 0.350. The molecule has 1 aliphatic heterocycles. The van der Waals surface area contributed by atoms with E-state index in [1.165, 1.54) is 16.4 Å². The number of morpholine rings is 1. The molecule has 2 aromatic rings. The molecule has 2 aromatic carbocycles. The Morgan fingerprint density at radius 1 is 1.18 bits per heavy atom. The predicted octanol–water partition coefficient (Wildman–Crippen LogP) is 1.95. The van der Waals surface area contributed by atoms with Crippen molar-refractivity contribution in [3.8, 4) is 5.75 Å². The fourth-order valence-corrected chi connectivity index (χ4v) is 4.50. The normalized spacial score (nSPS) is 15.2. The van der Waals surface area contributed by atoms with Gasteiger partial charge in [-0.25, -0.2) is 8.42 Å². The predicted molar refractivity (Wildman–Crippen MR) is 105 cm³/mol. The Morgan fingerprint density at radius 2 is 1.89 bits per heavy atom. The van der Waals surface area contributed by atoms with E-state index in [4.69, 9.17) is 9.47 Å². The smallest absolute Gasteiger partial charge is 0.251 e. The topological polar surface area (TPSA) is 84.9 Å². The van der Waals surface area contributed by atoms with Crippen LogP contribution in [0.2, 0.25) is 0 Å². The quantitative estimate of drug-likeness (QED) is 0.796. The summed E-state index contributed by atoms with van der Waals surface area (Å²) in [7, 11) is -2.09. The Bertz CT molecular complexity index is 953. The summed E-state index contributed by atoms with van der Waals surface area (Å²) in [6.45, 7) is 3.43. The molecule has 0 aromatic heterocycles. The molecule has 7 nitrogen and oxygen atoms in total. The molecule has 1 saturated heterocycles. The minimum Gasteiger partial charge on any atom is -0.496 e. The first kappa shape index (κ1) is 20.3. The van der Waals surface area contributed by atoms with Gasteiger partial charge < -0.3 is 14.8 Å². The van der Waals surface area contributed by atoms with Crippen LogP contribution in [0.5, 0.6) is 5.75 Å². The molecule has 0 radical (unpaired) electrons. The van der Waals surface area contributed by atoms with E-state index in [0.29, 0.717) is 43.2 Å². The van der Waals surface area contributed by atoms with Crippen LogP contribution in [0.1, 0.15) is 21.5 Å². The van der Waals surface area contributed by atoms with Crippen LogP contribution in [-0.4, -0.2) is 52.0 Å². The first-order valence-corrected chi connectivity index (χ1v) is 10.5. The largest absolute Gasteiger partial charge is 0.496 e. The SMILES string of the molecule is COc1ccccc1CNC(=O)c1cc(S(=O)(=O)N2CCOCC2)ccc1C. The molecule has 0 unspecified atom stereocenters. The van der Waals surface area contributed by atoms with Crippen LogP contribution in [-0.2, 0) is 21.3 Å². The molecule has 150 valence electrons. The van der Waals surface area contributed by atoms with Gasteiger partial charge in [0.05, 0.1) is 25.2 Å². The van der Waals surface area contributed by atoms with Crippen LogP contribution in [0, 0.1) is 6.92 Å². The van der Waals surface area contributed by atoms with Crippen molar-refractivity contribution in [2.24, 2.45) is 0 Å². The van der Waals surface area contributed by atoms with E-state index in [2.05, 4.69) is 5.32 Å². The molecule has 1 N–H and O–H groups in total. The van der Waals surface area contributed by atoms with Crippen molar-refractivity contribution in [1.82, 2.24) is 9.62 Å². The average molecular weight is 404 g/mol. The van der Waals surface area contributed by atoms with Gasteiger partial charge in [-0.15, -0.1) is 0 Å². The number of para-hydroxylation sites is 1. The number of carbonyl (C=O) groups is 1. The standard InChI is InChI=1S/C20H24N2O5S/c1-15-7-8-17(28(24,25)22-9-11-27-12-10-22)13-18(15)20(23)21-14-16-5-3-4-6-19(16)26-2/h3-8,13H,9-12,14H2,1-2H3,(H,21,23). The second-order valence-electron chi connectivity index (χ2n) is 6.49. The van der Waals surface area contributed by atoms with Gasteiger partial charge >= 0.3 is 0 Å². The summed E-state index contributed by atoms with van der Waals surface area (Å²) >= 11 is 0. The lowest BCUT2D eigenvalue weighted by atomic mass is 10.1. The molecule has 0 aliphatic carbocycles. The van der Waals surface area contributed by atoms with Crippen molar-refractivity contribution >= 4 is 15.9 Å². The highest BCUT2D eigenvalue weighted by Gasteiger charge is 2.27. The number of amides is 1. The number of ether oxygens (including phenoxy) is 2. The molecule has 1 fully saturated rings. The van der Waals surface area contributed by atoms with E-state index >= 15 is 0 Å². The number of hydrogen-bond donors (Lipinski definition) is 1. The zero-order valence-electron chi connectivity index (χ0n) is 16.0. The van der Waals surface area contributed by atoms with Gasteiger partial charge in [0.2, 0.25) is 10.0 Å². The number of aryl methyl sites for hydroxylation is 1. The highest BCUT2D eigenvalue weighted by atomic mass is 32.2. The first-order valence-electron chi connectivity index (χ1n) is 9.02. The Hall–Kier alpha value is -2.42. The minimum atomic E-state index is -3.66. The van der Waals surface area contributed by atoms with Crippen molar-refractivity contribution in [3.63, 3.8) is 0 Å². The minimum absolute atomic E-state index is 0.113. The van der Waals surface area contributed by atoms with Gasteiger partial charge in [-0.2, -0.15) is 4.31 Å². The number of nitrogens with zero attached hydrogens (tertiary/aromatic N) is 1. The van der Waals surface area contributed by atoms with Gasteiger partial charge in [0.1, 0.15) is 5.75 Å². The van der Waals surface area contributed by atoms with E-state index in [1.54, 1.807) is 20.1 Å². The number of hydrogen-bond acceptors (Lipinski definition) is 5. The van der Waals surface area contributed by atoms with Gasteiger partial charge in [-0.3, -0.25) is 4.79 Å². The molecule has 8 heteroatoms. The van der Waals surface area contributed by atoms with Gasteiger partial charge in [0.15, 0.2) is 0 Å². The summed E-state index contributed by atoms with van der Waals surface area (Å²) in [5.41, 5.74) is 1.88. The van der Waals surface area contributed by atoms with E-state index in [0.717, 1.165) is 5.56 Å². The maximum absolute atomic E-state index is 12.9. The summed E-state index contributed by atoms with van der Waals surface area (Å²) < 4.78 is 37.6. The first-order chi connectivity index (χ1) is 13.4. The fourth-order valence-electron chi connectivity index (χ4n) is 3.06. The van der Waals surface area contributed by atoms with Gasteiger partial charge in [-0.05, 0) is 30.7 Å². The lowest BCUT2D eigenvalue weighted by Gasteiger charge is -2.26. The zero-order valence-corrected chi connectivity index (χ0v) is 16.8. The van der Waals surface area contributed by atoms with E-state index in [9.17, 15) is 13.2 Å². The molecule has 28 heavy (non-hydrogen) atoms. The van der Waals surface area contributed by atoms with E-state index in [1.807, 2.05) is 24.3 Å². The lowest BCUT2D eigenvalue weighted by Crippen LogP contribution is -2.40. The van der Waals surface area contributed by atoms with Crippen LogP contribution in [0.25, 0.3) is 0 Å². The maximum atomic E-state index is 12.9. The number of rotatable bonds is 6. The zero-order chi connectivity index (χ0) is 20.1. The monoisotopic (exact) mass is 404 g/mol. The highest BCUT2D eigenvalue weighted by molar-refractivity contribution is 7.89. The number of benzene rings is 2. The average Bonchev–Trinajstić information content (AvgIpc) is 2.73. The second-order valence-corrected chi connectivity index (χ2v) is 8.43. The van der Waals surface area contributed by atoms with Gasteiger partial charge in [0.25, 0.3) is 5.91 Å². The number of nitrogens with one attached hydrogen (secondary N) is 1. The van der Waals surface area contributed by atoms with Crippen LogP contribution < -0.4 is 10.1 Å². The molecule has 1 heterocycles. The van der Waals surface area contributed by atoms with Gasteiger partial charge in [0, 0.05) is 30.8 Å². The molecular weight excluding hydrogens is 380 g/mol. The maximum Gasteiger partial charge on any atom is 0.251 e. The molecule has 0 saturated carbocycles. The van der Waals surface area contributed by atoms with Crippen molar-refractivity contribution < 1.29 is 22.7 Å². The molecular formula is C20H24N2O5S. The molecule has 3 rings (SSSR count). The molecule has 1 aliphatic rings. The Kier molecular flexibility index (Phi) is 6.33. The van der Waals surface area contributed by atoms with Crippen LogP contribution in [0.4, 0.5) is 0 Å². The van der Waals surface area contributed by atoms with Crippen LogP contribution >= 0.6 is 0 Å². The highest BCUT2D eigenvalue weighted by Crippen LogP contribution is 2.21. The van der Waals surface area contributed by atoms with Crippen molar-refractivity contribution in [3.05, 3.63) is 59.2 Å². The summed E-state index contributed by atoms with van der Waals surface area (Å²) in [5, 5.41) is 2.84. The third kappa shape index (κ3) is 4.35. The third-order valence-corrected chi connectivity index (χ3v) is 6.59. The Balaban J connectivity index is 1.80. The lowest BCUT2D eigenvalue weighted by molar-refractivity contribution is 0.0730. The van der Waals surface area contributed by atoms with Crippen molar-refractivity contribution in [2.75, 3.05) is 33.4 Å². The number of methoxy groups -OCH3 is 1. The van der Waals surface area contributed by atoms with Crippen molar-refractivity contribution in [1.29, 1.82) is 0 Å². The summed E-state index contributed by atoms with van der Waals surface area (Å²) in [6.07, 6.45) is 0. The molecule has 0 bridgehead atoms. The van der Waals surface area contributed by atoms with E-state index in [-0.39, 0.29) is 17.3 Å². The summed E-state index contributed by atoms with van der Waals surface area (Å²) in [5.74, 6) is 0.352. The third-order valence-electron chi connectivity index (χ3n) is 4.69. The number of carbonyl (C=O) groups excluding carboxylic acids is 1. The van der Waals surface area contributed by atoms with Crippen molar-refractivity contribution in [2.45, 2.75) is 18.4 Å². The van der Waals surface area contributed by atoms with Crippen LogP contribution in [0.15, 0.2) is 47.4 Å². The number of sulfonamides is 1. The Morgan fingerprint density at radius 3 is 2.61 bits per heavy atom. The van der Waals surface area contributed by atoms with Gasteiger partial charge in [-0.1, -0.05) is 24.3 Å².